The van der Waals surface area contributed by atoms with Crippen molar-refractivity contribution in [2.24, 2.45) is 11.7 Å². The first kappa shape index (κ1) is 17.2. The number of hydrogen-bond acceptors (Lipinski definition) is 2. The Labute approximate surface area is 110 Å². The Morgan fingerprint density at radius 2 is 1.78 bits per heavy atom. The highest BCUT2D eigenvalue weighted by molar-refractivity contribution is 5.85. The Balaban J connectivity index is 0.00000289. The van der Waals surface area contributed by atoms with Crippen molar-refractivity contribution in [2.45, 2.75) is 32.2 Å². The molecule has 104 valence electrons. The molecule has 1 aromatic rings. The van der Waals surface area contributed by atoms with Crippen molar-refractivity contribution in [1.29, 1.82) is 0 Å². The minimum atomic E-state index is -4.39. The van der Waals surface area contributed by atoms with Crippen molar-refractivity contribution in [3.63, 3.8) is 0 Å². The van der Waals surface area contributed by atoms with E-state index < -0.39 is 23.9 Å². The van der Waals surface area contributed by atoms with Gasteiger partial charge in [0, 0.05) is 0 Å². The molecule has 1 rings (SSSR count). The highest BCUT2D eigenvalue weighted by atomic mass is 35.5. The molecular formula is C12H17ClF3NO. The van der Waals surface area contributed by atoms with E-state index in [4.69, 9.17) is 5.73 Å². The zero-order chi connectivity index (χ0) is 13.2. The number of nitrogens with two attached hydrogens (primary N) is 1. The molecule has 0 amide bonds. The van der Waals surface area contributed by atoms with E-state index >= 15 is 0 Å². The molecule has 3 N–H and O–H groups in total. The van der Waals surface area contributed by atoms with Gasteiger partial charge in [0.1, 0.15) is 0 Å². The van der Waals surface area contributed by atoms with Gasteiger partial charge in [-0.15, -0.1) is 12.4 Å². The molecule has 0 unspecified atom stereocenters. The molecule has 2 atom stereocenters. The van der Waals surface area contributed by atoms with Crippen molar-refractivity contribution in [3.05, 3.63) is 35.4 Å². The molecule has 0 aliphatic carbocycles. The van der Waals surface area contributed by atoms with Gasteiger partial charge in [-0.1, -0.05) is 26.0 Å². The molecule has 2 nitrogen and oxygen atoms in total. The van der Waals surface area contributed by atoms with Gasteiger partial charge in [0.25, 0.3) is 0 Å². The number of benzene rings is 1. The monoisotopic (exact) mass is 283 g/mol. The van der Waals surface area contributed by atoms with Crippen molar-refractivity contribution < 1.29 is 18.3 Å². The first-order valence-corrected chi connectivity index (χ1v) is 5.34. The summed E-state index contributed by atoms with van der Waals surface area (Å²) < 4.78 is 37.5. The Kier molecular flexibility index (Phi) is 6.13. The Hall–Kier alpha value is -0.780. The summed E-state index contributed by atoms with van der Waals surface area (Å²) in [5.41, 5.74) is 5.28. The lowest BCUT2D eigenvalue weighted by Gasteiger charge is -2.23. The van der Waals surface area contributed by atoms with Crippen molar-refractivity contribution in [3.8, 4) is 0 Å². The van der Waals surface area contributed by atoms with Crippen LogP contribution in [0, 0.1) is 5.92 Å². The maximum atomic E-state index is 12.5. The number of aliphatic hydroxyl groups excluding tert-OH is 1. The second-order valence-corrected chi connectivity index (χ2v) is 4.38. The van der Waals surface area contributed by atoms with E-state index in [0.717, 1.165) is 12.1 Å². The third-order valence-electron chi connectivity index (χ3n) is 2.65. The van der Waals surface area contributed by atoms with E-state index in [2.05, 4.69) is 0 Å². The molecule has 0 aliphatic heterocycles. The van der Waals surface area contributed by atoms with Crippen LogP contribution in [0.5, 0.6) is 0 Å². The summed E-state index contributed by atoms with van der Waals surface area (Å²) in [6.45, 7) is 3.52. The first-order chi connectivity index (χ1) is 7.73. The topological polar surface area (TPSA) is 46.2 Å². The average molecular weight is 284 g/mol. The van der Waals surface area contributed by atoms with E-state index in [1.165, 1.54) is 12.1 Å². The number of rotatable bonds is 3. The second kappa shape index (κ2) is 6.41. The summed E-state index contributed by atoms with van der Waals surface area (Å²) >= 11 is 0. The van der Waals surface area contributed by atoms with E-state index in [0.29, 0.717) is 5.56 Å². The van der Waals surface area contributed by atoms with Gasteiger partial charge >= 0.3 is 6.18 Å². The normalized spacial score (nSPS) is 15.1. The van der Waals surface area contributed by atoms with Crippen LogP contribution in [-0.4, -0.2) is 11.2 Å². The average Bonchev–Trinajstić information content (AvgIpc) is 2.26. The van der Waals surface area contributed by atoms with E-state index in [1.807, 2.05) is 0 Å². The molecule has 0 fully saturated rings. The summed E-state index contributed by atoms with van der Waals surface area (Å²) in [5.74, 6) is -0.112. The molecule has 1 aromatic carbocycles. The Morgan fingerprint density at radius 3 is 2.22 bits per heavy atom. The van der Waals surface area contributed by atoms with Crippen LogP contribution in [0.2, 0.25) is 0 Å². The van der Waals surface area contributed by atoms with Crippen molar-refractivity contribution in [1.82, 2.24) is 0 Å². The third kappa shape index (κ3) is 4.15. The maximum Gasteiger partial charge on any atom is 0.416 e. The fraction of sp³-hybridized carbons (Fsp3) is 0.500. The molecule has 0 aliphatic rings. The zero-order valence-corrected chi connectivity index (χ0v) is 10.9. The second-order valence-electron chi connectivity index (χ2n) is 4.38. The molecule has 0 saturated carbocycles. The van der Waals surface area contributed by atoms with Crippen LogP contribution in [-0.2, 0) is 6.18 Å². The van der Waals surface area contributed by atoms with Gasteiger partial charge in [-0.05, 0) is 23.6 Å². The van der Waals surface area contributed by atoms with Crippen molar-refractivity contribution >= 4 is 12.4 Å². The quantitative estimate of drug-likeness (QED) is 0.895. The smallest absolute Gasteiger partial charge is 0.391 e. The highest BCUT2D eigenvalue weighted by Gasteiger charge is 2.31. The van der Waals surface area contributed by atoms with Crippen LogP contribution in [0.25, 0.3) is 0 Å². The van der Waals surface area contributed by atoms with Gasteiger partial charge < -0.3 is 10.8 Å². The zero-order valence-electron chi connectivity index (χ0n) is 10.1. The van der Waals surface area contributed by atoms with Crippen LogP contribution in [0.1, 0.15) is 31.0 Å². The predicted molar refractivity (Wildman–Crippen MR) is 66.5 cm³/mol. The lowest BCUT2D eigenvalue weighted by atomic mass is 9.93. The van der Waals surface area contributed by atoms with E-state index in [-0.39, 0.29) is 18.3 Å². The van der Waals surface area contributed by atoms with Gasteiger partial charge in [0.05, 0.1) is 17.7 Å². The minimum absolute atomic E-state index is 0. The van der Waals surface area contributed by atoms with Crippen LogP contribution in [0.15, 0.2) is 24.3 Å². The number of hydrogen-bond donors (Lipinski definition) is 2. The maximum absolute atomic E-state index is 12.5. The summed E-state index contributed by atoms with van der Waals surface area (Å²) in [6, 6.07) is 3.95. The molecule has 0 bridgehead atoms. The first-order valence-electron chi connectivity index (χ1n) is 5.34. The van der Waals surface area contributed by atoms with E-state index in [1.54, 1.807) is 13.8 Å². The summed E-state index contributed by atoms with van der Waals surface area (Å²) in [4.78, 5) is 0. The SMILES string of the molecule is CC(C)[C@@H](O)[C@@H](N)c1cccc(C(F)(F)F)c1.Cl. The summed E-state index contributed by atoms with van der Waals surface area (Å²) in [6.07, 6.45) is -5.25. The fourth-order valence-corrected chi connectivity index (χ4v) is 1.53. The Bertz CT molecular complexity index is 382. The third-order valence-corrected chi connectivity index (χ3v) is 2.65. The van der Waals surface area contributed by atoms with Crippen molar-refractivity contribution in [2.75, 3.05) is 0 Å². The van der Waals surface area contributed by atoms with Gasteiger partial charge in [-0.2, -0.15) is 13.2 Å². The van der Waals surface area contributed by atoms with E-state index in [9.17, 15) is 18.3 Å². The lowest BCUT2D eigenvalue weighted by Crippen LogP contribution is -2.30. The molecule has 0 aromatic heterocycles. The molecule has 0 radical (unpaired) electrons. The van der Waals surface area contributed by atoms with Gasteiger partial charge in [0.15, 0.2) is 0 Å². The fourth-order valence-electron chi connectivity index (χ4n) is 1.53. The predicted octanol–water partition coefficient (Wildman–Crippen LogP) is 3.14. The molecule has 0 saturated heterocycles. The molecule has 0 heterocycles. The largest absolute Gasteiger partial charge is 0.416 e. The molecule has 0 spiro atoms. The van der Waals surface area contributed by atoms with Gasteiger partial charge in [-0.3, -0.25) is 0 Å². The number of halogens is 4. The lowest BCUT2D eigenvalue weighted by molar-refractivity contribution is -0.137. The van der Waals surface area contributed by atoms with Crippen LogP contribution < -0.4 is 5.73 Å². The number of aliphatic hydroxyl groups is 1. The van der Waals surface area contributed by atoms with Gasteiger partial charge in [-0.25, -0.2) is 0 Å². The van der Waals surface area contributed by atoms with Gasteiger partial charge in [0.2, 0.25) is 0 Å². The molecule has 18 heavy (non-hydrogen) atoms. The molecular weight excluding hydrogens is 267 g/mol. The standard InChI is InChI=1S/C12H16F3NO.ClH/c1-7(2)11(17)10(16)8-4-3-5-9(6-8)12(13,14)15;/h3-7,10-11,17H,16H2,1-2H3;1H/t10-,11+;/m0./s1. The Morgan fingerprint density at radius 1 is 1.22 bits per heavy atom. The van der Waals surface area contributed by atoms with Crippen LogP contribution in [0.3, 0.4) is 0 Å². The minimum Gasteiger partial charge on any atom is -0.391 e. The van der Waals surface area contributed by atoms with Crippen LogP contribution in [0.4, 0.5) is 13.2 Å². The highest BCUT2D eigenvalue weighted by Crippen LogP contribution is 2.31. The summed E-state index contributed by atoms with van der Waals surface area (Å²) in [5, 5.41) is 9.74. The molecule has 6 heteroatoms. The van der Waals surface area contributed by atoms with Crippen LogP contribution >= 0.6 is 12.4 Å². The summed E-state index contributed by atoms with van der Waals surface area (Å²) in [7, 11) is 0. The number of alkyl halides is 3.